The van der Waals surface area contributed by atoms with Crippen LogP contribution in [-0.2, 0) is 5.60 Å². The number of aliphatic hydroxyl groups excluding tert-OH is 1. The second-order valence-electron chi connectivity index (χ2n) is 7.42. The van der Waals surface area contributed by atoms with Crippen LogP contribution in [0.2, 0.25) is 0 Å². The highest BCUT2D eigenvalue weighted by Gasteiger charge is 2.39. The summed E-state index contributed by atoms with van der Waals surface area (Å²) in [5.41, 5.74) is 1.19. The van der Waals surface area contributed by atoms with E-state index in [1.807, 2.05) is 48.5 Å². The van der Waals surface area contributed by atoms with Crippen molar-refractivity contribution in [2.24, 2.45) is 0 Å². The average molecular weight is 395 g/mol. The van der Waals surface area contributed by atoms with E-state index in [2.05, 4.69) is 0 Å². The van der Waals surface area contributed by atoms with Gasteiger partial charge in [0.2, 0.25) is 5.89 Å². The van der Waals surface area contributed by atoms with Gasteiger partial charge in [-0.3, -0.25) is 0 Å². The molecule has 0 atom stereocenters. The van der Waals surface area contributed by atoms with E-state index in [4.69, 9.17) is 18.9 Å². The summed E-state index contributed by atoms with van der Waals surface area (Å²) in [6.45, 7) is 0. The van der Waals surface area contributed by atoms with Crippen molar-refractivity contribution >= 4 is 0 Å². The van der Waals surface area contributed by atoms with Crippen LogP contribution in [0.4, 0.5) is 0 Å². The van der Waals surface area contributed by atoms with Crippen LogP contribution in [0.3, 0.4) is 0 Å². The summed E-state index contributed by atoms with van der Waals surface area (Å²) in [7, 11) is 3.25. The number of hydrogen-bond donors (Lipinski definition) is 2. The van der Waals surface area contributed by atoms with Crippen molar-refractivity contribution in [1.82, 2.24) is 4.98 Å². The van der Waals surface area contributed by atoms with Gasteiger partial charge in [0.25, 0.3) is 0 Å². The molecular weight excluding hydrogens is 370 g/mol. The minimum absolute atomic E-state index is 0.293. The van der Waals surface area contributed by atoms with Crippen molar-refractivity contribution < 1.29 is 24.1 Å². The molecule has 6 heteroatoms. The van der Waals surface area contributed by atoms with E-state index >= 15 is 0 Å². The second kappa shape index (κ2) is 7.89. The van der Waals surface area contributed by atoms with Crippen molar-refractivity contribution in [2.75, 3.05) is 14.2 Å². The molecule has 1 aliphatic carbocycles. The SMILES string of the molecule is COc1ccc(-c2nc([C@]3(O)CC[C@@H](O)CC3)oc2-c2ccc(OC)cc2)cc1. The van der Waals surface area contributed by atoms with Crippen LogP contribution in [0.1, 0.15) is 31.6 Å². The lowest BCUT2D eigenvalue weighted by Gasteiger charge is -2.31. The molecule has 0 radical (unpaired) electrons. The van der Waals surface area contributed by atoms with E-state index in [1.165, 1.54) is 0 Å². The van der Waals surface area contributed by atoms with Gasteiger partial charge in [-0.25, -0.2) is 4.98 Å². The number of aliphatic hydroxyl groups is 2. The molecule has 4 rings (SSSR count). The molecule has 0 spiro atoms. The molecule has 0 unspecified atom stereocenters. The van der Waals surface area contributed by atoms with Gasteiger partial charge in [-0.1, -0.05) is 0 Å². The van der Waals surface area contributed by atoms with Crippen LogP contribution in [0.5, 0.6) is 11.5 Å². The maximum absolute atomic E-state index is 11.1. The Hall–Kier alpha value is -2.83. The fourth-order valence-electron chi connectivity index (χ4n) is 3.70. The van der Waals surface area contributed by atoms with Crippen molar-refractivity contribution in [2.45, 2.75) is 37.4 Å². The van der Waals surface area contributed by atoms with E-state index in [9.17, 15) is 10.2 Å². The molecule has 2 N–H and O–H groups in total. The molecule has 1 saturated carbocycles. The predicted octanol–water partition coefficient (Wildman–Crippen LogP) is 4.15. The Kier molecular flexibility index (Phi) is 5.30. The number of ether oxygens (including phenoxy) is 2. The lowest BCUT2D eigenvalue weighted by atomic mass is 9.83. The fraction of sp³-hybridized carbons (Fsp3) is 0.348. The largest absolute Gasteiger partial charge is 0.497 e. The first kappa shape index (κ1) is 19.5. The first-order chi connectivity index (χ1) is 14.0. The van der Waals surface area contributed by atoms with E-state index < -0.39 is 5.60 Å². The molecule has 152 valence electrons. The number of oxazole rings is 1. The van der Waals surface area contributed by atoms with E-state index in [1.54, 1.807) is 14.2 Å². The quantitative estimate of drug-likeness (QED) is 0.675. The van der Waals surface area contributed by atoms with Crippen LogP contribution in [0, 0.1) is 0 Å². The van der Waals surface area contributed by atoms with Crippen molar-refractivity contribution in [3.05, 3.63) is 54.4 Å². The van der Waals surface area contributed by atoms with Gasteiger partial charge in [0.05, 0.1) is 20.3 Å². The summed E-state index contributed by atoms with van der Waals surface area (Å²) in [5, 5.41) is 21.0. The molecule has 0 amide bonds. The lowest BCUT2D eigenvalue weighted by molar-refractivity contribution is -0.0539. The van der Waals surface area contributed by atoms with E-state index in [0.717, 1.165) is 22.6 Å². The van der Waals surface area contributed by atoms with E-state index in [-0.39, 0.29) is 6.10 Å². The summed E-state index contributed by atoms with van der Waals surface area (Å²) >= 11 is 0. The minimum Gasteiger partial charge on any atom is -0.497 e. The van der Waals surface area contributed by atoms with Crippen LogP contribution in [-0.4, -0.2) is 35.5 Å². The van der Waals surface area contributed by atoms with Gasteiger partial charge >= 0.3 is 0 Å². The van der Waals surface area contributed by atoms with Crippen molar-refractivity contribution in [1.29, 1.82) is 0 Å². The number of nitrogens with zero attached hydrogens (tertiary/aromatic N) is 1. The summed E-state index contributed by atoms with van der Waals surface area (Å²) < 4.78 is 16.6. The standard InChI is InChI=1S/C23H25NO5/c1-27-18-7-3-15(4-8-18)20-21(16-5-9-19(28-2)10-6-16)29-22(24-20)23(26)13-11-17(25)12-14-23/h3-10,17,25-26H,11-14H2,1-2H3/t17-,23+. The van der Waals surface area contributed by atoms with Crippen LogP contribution >= 0.6 is 0 Å². The van der Waals surface area contributed by atoms with Gasteiger partial charge in [-0.2, -0.15) is 0 Å². The third-order valence-electron chi connectivity index (χ3n) is 5.52. The molecule has 29 heavy (non-hydrogen) atoms. The fourth-order valence-corrected chi connectivity index (χ4v) is 3.70. The number of rotatable bonds is 5. The molecule has 0 aliphatic heterocycles. The maximum atomic E-state index is 11.1. The normalized spacial score (nSPS) is 21.7. The number of aromatic nitrogens is 1. The first-order valence-corrected chi connectivity index (χ1v) is 9.73. The highest BCUT2D eigenvalue weighted by atomic mass is 16.5. The van der Waals surface area contributed by atoms with Gasteiger partial charge in [-0.05, 0) is 74.2 Å². The average Bonchev–Trinajstić information content (AvgIpc) is 3.22. The lowest BCUT2D eigenvalue weighted by Crippen LogP contribution is -2.33. The Morgan fingerprint density at radius 3 is 1.93 bits per heavy atom. The molecule has 1 aromatic heterocycles. The Balaban J connectivity index is 1.79. The molecule has 0 bridgehead atoms. The Bertz CT molecular complexity index is 889. The van der Waals surface area contributed by atoms with Crippen molar-refractivity contribution in [3.63, 3.8) is 0 Å². The molecule has 2 aromatic carbocycles. The molecule has 3 aromatic rings. The molecule has 6 nitrogen and oxygen atoms in total. The van der Waals surface area contributed by atoms with E-state index in [0.29, 0.717) is 43.0 Å². The number of benzene rings is 2. The highest BCUT2D eigenvalue weighted by molar-refractivity contribution is 5.77. The minimum atomic E-state index is -1.18. The van der Waals surface area contributed by atoms with Gasteiger partial charge < -0.3 is 24.1 Å². The van der Waals surface area contributed by atoms with Crippen LogP contribution in [0.25, 0.3) is 22.6 Å². The summed E-state index contributed by atoms with van der Waals surface area (Å²) in [5.74, 6) is 2.39. The third-order valence-corrected chi connectivity index (χ3v) is 5.52. The second-order valence-corrected chi connectivity index (χ2v) is 7.42. The van der Waals surface area contributed by atoms with Gasteiger partial charge in [0.15, 0.2) is 5.76 Å². The topological polar surface area (TPSA) is 85.0 Å². The van der Waals surface area contributed by atoms with Gasteiger partial charge in [0.1, 0.15) is 22.8 Å². The Labute approximate surface area is 169 Å². The molecule has 1 aliphatic rings. The third kappa shape index (κ3) is 3.86. The molecule has 1 fully saturated rings. The number of methoxy groups -OCH3 is 2. The first-order valence-electron chi connectivity index (χ1n) is 9.73. The van der Waals surface area contributed by atoms with Gasteiger partial charge in [-0.15, -0.1) is 0 Å². The predicted molar refractivity (Wildman–Crippen MR) is 109 cm³/mol. The molecule has 1 heterocycles. The highest BCUT2D eigenvalue weighted by Crippen LogP contribution is 2.42. The zero-order valence-corrected chi connectivity index (χ0v) is 16.6. The zero-order valence-electron chi connectivity index (χ0n) is 16.6. The maximum Gasteiger partial charge on any atom is 0.227 e. The van der Waals surface area contributed by atoms with Crippen LogP contribution < -0.4 is 9.47 Å². The summed E-state index contributed by atoms with van der Waals surface area (Å²) in [6, 6.07) is 15.1. The zero-order chi connectivity index (χ0) is 20.4. The summed E-state index contributed by atoms with van der Waals surface area (Å²) in [6.07, 6.45) is 1.49. The Morgan fingerprint density at radius 1 is 0.897 bits per heavy atom. The van der Waals surface area contributed by atoms with Crippen molar-refractivity contribution in [3.8, 4) is 34.1 Å². The monoisotopic (exact) mass is 395 g/mol. The summed E-state index contributed by atoms with van der Waals surface area (Å²) in [4.78, 5) is 4.71. The smallest absolute Gasteiger partial charge is 0.227 e. The number of hydrogen-bond acceptors (Lipinski definition) is 6. The molecule has 0 saturated heterocycles. The van der Waals surface area contributed by atoms with Gasteiger partial charge in [0, 0.05) is 11.1 Å². The molecular formula is C23H25NO5. The van der Waals surface area contributed by atoms with Crippen LogP contribution in [0.15, 0.2) is 52.9 Å². The Morgan fingerprint density at radius 2 is 1.41 bits per heavy atom.